The summed E-state index contributed by atoms with van der Waals surface area (Å²) in [4.78, 5) is 0.404. The van der Waals surface area contributed by atoms with E-state index in [0.717, 1.165) is 24.8 Å². The van der Waals surface area contributed by atoms with E-state index in [1.807, 2.05) is 19.1 Å². The van der Waals surface area contributed by atoms with E-state index in [-0.39, 0.29) is 6.04 Å². The van der Waals surface area contributed by atoms with Crippen molar-refractivity contribution >= 4 is 26.0 Å². The monoisotopic (exact) mass is 331 g/mol. The summed E-state index contributed by atoms with van der Waals surface area (Å²) in [6.45, 7) is 2.59. The lowest BCUT2D eigenvalue weighted by atomic mass is 10.1. The Bertz CT molecular complexity index is 498. The van der Waals surface area contributed by atoms with E-state index in [2.05, 4.69) is 15.9 Å². The summed E-state index contributed by atoms with van der Waals surface area (Å²) in [5.41, 5.74) is 1.07. The third-order valence-corrected chi connectivity index (χ3v) is 6.09. The molecule has 18 heavy (non-hydrogen) atoms. The van der Waals surface area contributed by atoms with Crippen LogP contribution in [0, 0.1) is 6.92 Å². The quantitative estimate of drug-likeness (QED) is 0.798. The minimum Gasteiger partial charge on any atom is -0.207 e. The summed E-state index contributed by atoms with van der Waals surface area (Å²) in [5, 5.41) is 0.706. The molecule has 0 aromatic heterocycles. The third kappa shape index (κ3) is 2.78. The van der Waals surface area contributed by atoms with Crippen molar-refractivity contribution in [2.45, 2.75) is 37.1 Å². The first-order valence-corrected chi connectivity index (χ1v) is 8.76. The zero-order valence-electron chi connectivity index (χ0n) is 10.5. The average Bonchev–Trinajstić information content (AvgIpc) is 2.39. The molecule has 1 unspecified atom stereocenters. The second kappa shape index (κ2) is 5.72. The number of piperidine rings is 1. The lowest BCUT2D eigenvalue weighted by molar-refractivity contribution is 0.273. The molecule has 1 aromatic carbocycles. The van der Waals surface area contributed by atoms with Gasteiger partial charge in [-0.3, -0.25) is 0 Å². The molecule has 5 heteroatoms. The Labute approximate surface area is 117 Å². The fourth-order valence-corrected chi connectivity index (χ4v) is 4.85. The van der Waals surface area contributed by atoms with E-state index in [1.165, 1.54) is 0 Å². The number of benzene rings is 1. The van der Waals surface area contributed by atoms with Gasteiger partial charge in [-0.1, -0.05) is 40.0 Å². The predicted octanol–water partition coefficient (Wildman–Crippen LogP) is 2.93. The van der Waals surface area contributed by atoms with Gasteiger partial charge in [-0.25, -0.2) is 8.42 Å². The van der Waals surface area contributed by atoms with Crippen molar-refractivity contribution in [3.8, 4) is 0 Å². The zero-order valence-corrected chi connectivity index (χ0v) is 12.9. The number of hydrogen-bond acceptors (Lipinski definition) is 2. The number of alkyl halides is 1. The van der Waals surface area contributed by atoms with Crippen LogP contribution < -0.4 is 0 Å². The normalized spacial score (nSPS) is 22.0. The van der Waals surface area contributed by atoms with Gasteiger partial charge in [0.25, 0.3) is 0 Å². The Morgan fingerprint density at radius 1 is 1.28 bits per heavy atom. The summed E-state index contributed by atoms with van der Waals surface area (Å²) in [7, 11) is -3.34. The topological polar surface area (TPSA) is 37.4 Å². The van der Waals surface area contributed by atoms with Crippen LogP contribution in [0.2, 0.25) is 0 Å². The maximum atomic E-state index is 12.6. The predicted molar refractivity (Wildman–Crippen MR) is 76.5 cm³/mol. The van der Waals surface area contributed by atoms with Crippen molar-refractivity contribution in [3.05, 3.63) is 29.8 Å². The van der Waals surface area contributed by atoms with Crippen LogP contribution in [0.3, 0.4) is 0 Å². The van der Waals surface area contributed by atoms with Crippen molar-refractivity contribution < 1.29 is 8.42 Å². The van der Waals surface area contributed by atoms with E-state index in [1.54, 1.807) is 16.4 Å². The summed E-state index contributed by atoms with van der Waals surface area (Å²) in [6, 6.07) is 7.18. The van der Waals surface area contributed by atoms with Gasteiger partial charge in [0.2, 0.25) is 10.0 Å². The van der Waals surface area contributed by atoms with E-state index in [4.69, 9.17) is 0 Å². The van der Waals surface area contributed by atoms with Crippen LogP contribution in [0.5, 0.6) is 0 Å². The molecule has 0 bridgehead atoms. The molecule has 100 valence electrons. The molecule has 0 N–H and O–H groups in total. The minimum absolute atomic E-state index is 0.0880. The molecule has 1 fully saturated rings. The molecule has 0 spiro atoms. The molecule has 0 amide bonds. The van der Waals surface area contributed by atoms with Crippen molar-refractivity contribution in [1.82, 2.24) is 4.31 Å². The van der Waals surface area contributed by atoms with Crippen LogP contribution in [0.25, 0.3) is 0 Å². The van der Waals surface area contributed by atoms with Gasteiger partial charge in [0.1, 0.15) is 0 Å². The van der Waals surface area contributed by atoms with Crippen molar-refractivity contribution in [3.63, 3.8) is 0 Å². The second-order valence-electron chi connectivity index (χ2n) is 4.73. The van der Waals surface area contributed by atoms with Gasteiger partial charge >= 0.3 is 0 Å². The Balaban J connectivity index is 2.32. The molecule has 1 atom stereocenters. The lowest BCUT2D eigenvalue weighted by Crippen LogP contribution is -2.44. The second-order valence-corrected chi connectivity index (χ2v) is 7.27. The first kappa shape index (κ1) is 14.0. The van der Waals surface area contributed by atoms with Crippen LogP contribution in [-0.4, -0.2) is 30.6 Å². The molecule has 1 aliphatic rings. The smallest absolute Gasteiger partial charge is 0.207 e. The average molecular weight is 332 g/mol. The number of halogens is 1. The van der Waals surface area contributed by atoms with Crippen LogP contribution in [0.1, 0.15) is 24.8 Å². The molecule has 0 radical (unpaired) electrons. The Morgan fingerprint density at radius 3 is 2.56 bits per heavy atom. The maximum Gasteiger partial charge on any atom is 0.243 e. The molecular weight excluding hydrogens is 314 g/mol. The van der Waals surface area contributed by atoms with Crippen molar-refractivity contribution in [2.75, 3.05) is 11.9 Å². The van der Waals surface area contributed by atoms with Gasteiger partial charge in [0.15, 0.2) is 0 Å². The van der Waals surface area contributed by atoms with Gasteiger partial charge < -0.3 is 0 Å². The zero-order chi connectivity index (χ0) is 13.2. The van der Waals surface area contributed by atoms with Crippen LogP contribution >= 0.6 is 15.9 Å². The van der Waals surface area contributed by atoms with E-state index in [9.17, 15) is 8.42 Å². The number of rotatable bonds is 3. The van der Waals surface area contributed by atoms with Gasteiger partial charge in [-0.15, -0.1) is 0 Å². The van der Waals surface area contributed by atoms with Crippen LogP contribution in [-0.2, 0) is 10.0 Å². The molecule has 0 saturated carbocycles. The van der Waals surface area contributed by atoms with Crippen LogP contribution in [0.15, 0.2) is 29.2 Å². The Hall–Kier alpha value is -0.390. The van der Waals surface area contributed by atoms with E-state index >= 15 is 0 Å². The van der Waals surface area contributed by atoms with Crippen LogP contribution in [0.4, 0.5) is 0 Å². The van der Waals surface area contributed by atoms with E-state index < -0.39 is 10.0 Å². The molecular formula is C13H18BrNO2S. The fourth-order valence-electron chi connectivity index (χ4n) is 2.29. The standard InChI is InChI=1S/C13H18BrNO2S/c1-11-5-7-13(8-6-11)18(16,17)15-9-3-2-4-12(15)10-14/h5-8,12H,2-4,9-10H2,1H3. The summed E-state index contributed by atoms with van der Waals surface area (Å²) in [5.74, 6) is 0. The van der Waals surface area contributed by atoms with Gasteiger partial charge in [0.05, 0.1) is 4.90 Å². The summed E-state index contributed by atoms with van der Waals surface area (Å²) in [6.07, 6.45) is 3.00. The highest BCUT2D eigenvalue weighted by molar-refractivity contribution is 9.09. The number of aryl methyl sites for hydroxylation is 1. The molecule has 0 aliphatic carbocycles. The summed E-state index contributed by atoms with van der Waals surface area (Å²) < 4.78 is 26.8. The molecule has 1 aromatic rings. The maximum absolute atomic E-state index is 12.6. The third-order valence-electron chi connectivity index (χ3n) is 3.38. The van der Waals surface area contributed by atoms with Gasteiger partial charge in [-0.05, 0) is 31.9 Å². The van der Waals surface area contributed by atoms with Crippen molar-refractivity contribution in [1.29, 1.82) is 0 Å². The SMILES string of the molecule is Cc1ccc(S(=O)(=O)N2CCCCC2CBr)cc1. The molecule has 1 heterocycles. The van der Waals surface area contributed by atoms with E-state index in [0.29, 0.717) is 16.8 Å². The minimum atomic E-state index is -3.34. The number of nitrogens with zero attached hydrogens (tertiary/aromatic N) is 1. The molecule has 2 rings (SSSR count). The first-order chi connectivity index (χ1) is 8.55. The lowest BCUT2D eigenvalue weighted by Gasteiger charge is -2.33. The molecule has 3 nitrogen and oxygen atoms in total. The molecule has 1 saturated heterocycles. The van der Waals surface area contributed by atoms with Crippen molar-refractivity contribution in [2.24, 2.45) is 0 Å². The highest BCUT2D eigenvalue weighted by atomic mass is 79.9. The van der Waals surface area contributed by atoms with Gasteiger partial charge in [-0.2, -0.15) is 4.31 Å². The first-order valence-electron chi connectivity index (χ1n) is 6.20. The highest BCUT2D eigenvalue weighted by Gasteiger charge is 2.32. The number of sulfonamides is 1. The molecule has 1 aliphatic heterocycles. The highest BCUT2D eigenvalue weighted by Crippen LogP contribution is 2.26. The van der Waals surface area contributed by atoms with Gasteiger partial charge in [0, 0.05) is 17.9 Å². The summed E-state index contributed by atoms with van der Waals surface area (Å²) >= 11 is 3.42. The Morgan fingerprint density at radius 2 is 1.94 bits per heavy atom. The number of hydrogen-bond donors (Lipinski definition) is 0. The Kier molecular flexibility index (Phi) is 4.45. The largest absolute Gasteiger partial charge is 0.243 e. The fraction of sp³-hybridized carbons (Fsp3) is 0.538.